The number of nitriles is 1. The molecule has 0 heterocycles. The average molecular weight is 392 g/mol. The van der Waals surface area contributed by atoms with E-state index in [1.807, 2.05) is 19.9 Å². The number of anilines is 1. The summed E-state index contributed by atoms with van der Waals surface area (Å²) < 4.78 is 10.6. The second-order valence-corrected chi connectivity index (χ2v) is 6.20. The zero-order valence-corrected chi connectivity index (χ0v) is 16.6. The van der Waals surface area contributed by atoms with Crippen LogP contribution in [-0.4, -0.2) is 25.1 Å². The molecule has 0 unspecified atom stereocenters. The first-order valence-corrected chi connectivity index (χ1v) is 9.50. The summed E-state index contributed by atoms with van der Waals surface area (Å²) >= 11 is 0. The molecule has 0 radical (unpaired) electrons. The predicted octanol–water partition coefficient (Wildman–Crippen LogP) is 4.59. The molecular formula is C23H24N2O4. The fourth-order valence-electron chi connectivity index (χ4n) is 2.46. The molecule has 0 aliphatic rings. The highest BCUT2D eigenvalue weighted by atomic mass is 16.5. The van der Waals surface area contributed by atoms with Gasteiger partial charge in [-0.2, -0.15) is 5.26 Å². The van der Waals surface area contributed by atoms with Crippen molar-refractivity contribution < 1.29 is 19.1 Å². The molecule has 0 atom stereocenters. The fourth-order valence-corrected chi connectivity index (χ4v) is 2.46. The lowest BCUT2D eigenvalue weighted by molar-refractivity contribution is -0.112. The van der Waals surface area contributed by atoms with Crippen LogP contribution in [0.3, 0.4) is 0 Å². The molecule has 2 aromatic carbocycles. The summed E-state index contributed by atoms with van der Waals surface area (Å²) in [6.07, 6.45) is 3.22. The normalized spacial score (nSPS) is 10.7. The van der Waals surface area contributed by atoms with Gasteiger partial charge in [-0.15, -0.1) is 0 Å². The number of hydrogen-bond donors (Lipinski definition) is 1. The molecule has 0 aromatic heterocycles. The highest BCUT2D eigenvalue weighted by molar-refractivity contribution is 6.10. The SMILES string of the molecule is CCCCOC(=O)c1cccc(NC(=O)/C(C#N)=C/c2ccc(OCC)cc2)c1. The Balaban J connectivity index is 2.08. The molecule has 0 bridgehead atoms. The van der Waals surface area contributed by atoms with Crippen molar-refractivity contribution in [1.82, 2.24) is 0 Å². The van der Waals surface area contributed by atoms with Crippen molar-refractivity contribution in [3.63, 3.8) is 0 Å². The molecule has 6 heteroatoms. The average Bonchev–Trinajstić information content (AvgIpc) is 2.73. The second-order valence-electron chi connectivity index (χ2n) is 6.20. The minimum Gasteiger partial charge on any atom is -0.494 e. The van der Waals surface area contributed by atoms with E-state index in [4.69, 9.17) is 9.47 Å². The Labute approximate surface area is 170 Å². The Hall–Kier alpha value is -3.59. The van der Waals surface area contributed by atoms with Gasteiger partial charge in [0.25, 0.3) is 5.91 Å². The van der Waals surface area contributed by atoms with Gasteiger partial charge in [0.1, 0.15) is 17.4 Å². The van der Waals surface area contributed by atoms with E-state index in [-0.39, 0.29) is 5.57 Å². The minimum atomic E-state index is -0.558. The molecule has 1 N–H and O–H groups in total. The monoisotopic (exact) mass is 392 g/mol. The second kappa shape index (κ2) is 11.3. The van der Waals surface area contributed by atoms with Crippen molar-refractivity contribution in [2.24, 2.45) is 0 Å². The molecule has 0 saturated carbocycles. The van der Waals surface area contributed by atoms with E-state index in [0.29, 0.717) is 30.0 Å². The number of rotatable bonds is 9. The van der Waals surface area contributed by atoms with Crippen LogP contribution in [-0.2, 0) is 9.53 Å². The summed E-state index contributed by atoms with van der Waals surface area (Å²) in [6, 6.07) is 15.4. The Morgan fingerprint density at radius 1 is 1.14 bits per heavy atom. The Morgan fingerprint density at radius 2 is 1.90 bits per heavy atom. The van der Waals surface area contributed by atoms with Crippen LogP contribution in [0, 0.1) is 11.3 Å². The number of hydrogen-bond acceptors (Lipinski definition) is 5. The largest absolute Gasteiger partial charge is 0.494 e. The molecular weight excluding hydrogens is 368 g/mol. The van der Waals surface area contributed by atoms with Crippen molar-refractivity contribution >= 4 is 23.6 Å². The quantitative estimate of drug-likeness (QED) is 0.292. The van der Waals surface area contributed by atoms with Gasteiger partial charge >= 0.3 is 5.97 Å². The predicted molar refractivity (Wildman–Crippen MR) is 111 cm³/mol. The zero-order chi connectivity index (χ0) is 21.1. The number of nitrogens with zero attached hydrogens (tertiary/aromatic N) is 1. The number of ether oxygens (including phenoxy) is 2. The summed E-state index contributed by atoms with van der Waals surface area (Å²) in [5.41, 5.74) is 1.40. The molecule has 0 fully saturated rings. The van der Waals surface area contributed by atoms with Gasteiger partial charge in [-0.3, -0.25) is 4.79 Å². The maximum atomic E-state index is 12.5. The highest BCUT2D eigenvalue weighted by Gasteiger charge is 2.12. The van der Waals surface area contributed by atoms with Gasteiger partial charge in [0.15, 0.2) is 0 Å². The first-order chi connectivity index (χ1) is 14.1. The number of nitrogens with one attached hydrogen (secondary N) is 1. The molecule has 29 heavy (non-hydrogen) atoms. The molecule has 0 saturated heterocycles. The van der Waals surface area contributed by atoms with Gasteiger partial charge in [0.2, 0.25) is 0 Å². The lowest BCUT2D eigenvalue weighted by atomic mass is 10.1. The molecule has 0 aliphatic carbocycles. The maximum Gasteiger partial charge on any atom is 0.338 e. The van der Waals surface area contributed by atoms with E-state index in [1.54, 1.807) is 42.5 Å². The third kappa shape index (κ3) is 6.82. The van der Waals surface area contributed by atoms with E-state index < -0.39 is 11.9 Å². The zero-order valence-electron chi connectivity index (χ0n) is 16.6. The third-order valence-corrected chi connectivity index (χ3v) is 3.95. The molecule has 1 amide bonds. The third-order valence-electron chi connectivity index (χ3n) is 3.95. The van der Waals surface area contributed by atoms with Crippen molar-refractivity contribution in [3.05, 3.63) is 65.2 Å². The molecule has 2 aromatic rings. The van der Waals surface area contributed by atoms with E-state index in [9.17, 15) is 14.9 Å². The standard InChI is InChI=1S/C23H24N2O4/c1-3-5-13-29-23(27)18-7-6-8-20(15-18)25-22(26)19(16-24)14-17-9-11-21(12-10-17)28-4-2/h6-12,14-15H,3-5,13H2,1-2H3,(H,25,26)/b19-14+. The number of carbonyl (C=O) groups excluding carboxylic acids is 2. The van der Waals surface area contributed by atoms with Crippen molar-refractivity contribution in [3.8, 4) is 11.8 Å². The van der Waals surface area contributed by atoms with Gasteiger partial charge in [-0.25, -0.2) is 4.79 Å². The van der Waals surface area contributed by atoms with E-state index in [2.05, 4.69) is 5.32 Å². The summed E-state index contributed by atoms with van der Waals surface area (Å²) in [6.45, 7) is 4.82. The van der Waals surface area contributed by atoms with Gasteiger partial charge in [0.05, 0.1) is 18.8 Å². The minimum absolute atomic E-state index is 0.0508. The van der Waals surface area contributed by atoms with Crippen LogP contribution in [0.2, 0.25) is 0 Å². The van der Waals surface area contributed by atoms with Crippen LogP contribution in [0.15, 0.2) is 54.1 Å². The van der Waals surface area contributed by atoms with Gasteiger partial charge in [-0.05, 0) is 55.3 Å². The number of esters is 1. The van der Waals surface area contributed by atoms with Crippen LogP contribution in [0.25, 0.3) is 6.08 Å². The first-order valence-electron chi connectivity index (χ1n) is 9.50. The van der Waals surface area contributed by atoms with Crippen LogP contribution in [0.4, 0.5) is 5.69 Å². The van der Waals surface area contributed by atoms with Gasteiger partial charge in [0, 0.05) is 5.69 Å². The first kappa shape index (κ1) is 21.7. The number of carbonyl (C=O) groups is 2. The summed E-state index contributed by atoms with van der Waals surface area (Å²) in [5.74, 6) is -0.284. The van der Waals surface area contributed by atoms with E-state index in [1.165, 1.54) is 12.1 Å². The van der Waals surface area contributed by atoms with Crippen molar-refractivity contribution in [2.45, 2.75) is 26.7 Å². The highest BCUT2D eigenvalue weighted by Crippen LogP contribution is 2.17. The van der Waals surface area contributed by atoms with Crippen LogP contribution in [0.5, 0.6) is 5.75 Å². The van der Waals surface area contributed by atoms with Crippen molar-refractivity contribution in [1.29, 1.82) is 5.26 Å². The van der Waals surface area contributed by atoms with E-state index >= 15 is 0 Å². The molecule has 6 nitrogen and oxygen atoms in total. The molecule has 150 valence electrons. The van der Waals surface area contributed by atoms with Crippen LogP contribution >= 0.6 is 0 Å². The fraction of sp³-hybridized carbons (Fsp3) is 0.261. The van der Waals surface area contributed by atoms with E-state index in [0.717, 1.165) is 18.6 Å². The topological polar surface area (TPSA) is 88.4 Å². The van der Waals surface area contributed by atoms with Crippen molar-refractivity contribution in [2.75, 3.05) is 18.5 Å². The summed E-state index contributed by atoms with van der Waals surface area (Å²) in [4.78, 5) is 24.5. The van der Waals surface area contributed by atoms with Crippen LogP contribution < -0.4 is 10.1 Å². The lowest BCUT2D eigenvalue weighted by Crippen LogP contribution is -2.14. The molecule has 0 spiro atoms. The summed E-state index contributed by atoms with van der Waals surface area (Å²) in [7, 11) is 0. The molecule has 2 rings (SSSR count). The Morgan fingerprint density at radius 3 is 2.55 bits per heavy atom. The van der Waals surface area contributed by atoms with Gasteiger partial charge in [-0.1, -0.05) is 31.5 Å². The summed E-state index contributed by atoms with van der Waals surface area (Å²) in [5, 5.41) is 12.0. The Bertz CT molecular complexity index is 911. The number of unbranched alkanes of at least 4 members (excludes halogenated alkanes) is 1. The molecule has 0 aliphatic heterocycles. The number of benzene rings is 2. The maximum absolute atomic E-state index is 12.5. The smallest absolute Gasteiger partial charge is 0.338 e. The lowest BCUT2D eigenvalue weighted by Gasteiger charge is -2.08. The Kier molecular flexibility index (Phi) is 8.46. The number of amides is 1. The van der Waals surface area contributed by atoms with Crippen LogP contribution in [0.1, 0.15) is 42.6 Å². The van der Waals surface area contributed by atoms with Gasteiger partial charge < -0.3 is 14.8 Å².